The molecule has 2 amide bonds. The van der Waals surface area contributed by atoms with Crippen molar-refractivity contribution in [1.82, 2.24) is 0 Å². The Morgan fingerprint density at radius 1 is 1.08 bits per heavy atom. The number of halogens is 1. The summed E-state index contributed by atoms with van der Waals surface area (Å²) in [7, 11) is 0. The highest BCUT2D eigenvalue weighted by Crippen LogP contribution is 2.32. The molecule has 0 aromatic heterocycles. The fourth-order valence-electron chi connectivity index (χ4n) is 3.05. The number of rotatable bonds is 4. The predicted octanol–water partition coefficient (Wildman–Crippen LogP) is 1.46. The first kappa shape index (κ1) is 15.9. The van der Waals surface area contributed by atoms with Crippen LogP contribution in [0.5, 0.6) is 11.5 Å². The molecular formula is C18H16ClN2O4+. The third-order valence-corrected chi connectivity index (χ3v) is 4.59. The molecule has 0 saturated carbocycles. The van der Waals surface area contributed by atoms with Crippen molar-refractivity contribution in [2.45, 2.75) is 19.0 Å². The standard InChI is InChI=1S/C18H15ClN2O4/c19-12-2-4-13(5-3-12)21-17(22)8-14(18(21)23)20-9-11-1-6-15-16(7-11)25-10-24-15/h1-7,14,20H,8-10H2/p+1/t14-/m0/s1. The smallest absolute Gasteiger partial charge is 0.292 e. The van der Waals surface area contributed by atoms with Crippen LogP contribution in [-0.4, -0.2) is 24.6 Å². The van der Waals surface area contributed by atoms with E-state index in [2.05, 4.69) is 0 Å². The van der Waals surface area contributed by atoms with Gasteiger partial charge in [0.25, 0.3) is 5.91 Å². The van der Waals surface area contributed by atoms with E-state index in [0.717, 1.165) is 11.3 Å². The SMILES string of the molecule is O=C1C[C@H]([NH2+]Cc2ccc3c(c2)OCO3)C(=O)N1c1ccc(Cl)cc1. The molecule has 0 aliphatic carbocycles. The number of quaternary nitrogens is 1. The van der Waals surface area contributed by atoms with Crippen molar-refractivity contribution >= 4 is 29.1 Å². The van der Waals surface area contributed by atoms with Crippen LogP contribution in [0, 0.1) is 0 Å². The molecule has 25 heavy (non-hydrogen) atoms. The van der Waals surface area contributed by atoms with Gasteiger partial charge in [0.15, 0.2) is 17.5 Å². The van der Waals surface area contributed by atoms with E-state index in [1.165, 1.54) is 4.90 Å². The molecule has 0 bridgehead atoms. The highest BCUT2D eigenvalue weighted by Gasteiger charge is 2.42. The van der Waals surface area contributed by atoms with Crippen LogP contribution in [0.2, 0.25) is 5.02 Å². The maximum Gasteiger partial charge on any atom is 0.292 e. The van der Waals surface area contributed by atoms with Gasteiger partial charge in [-0.2, -0.15) is 0 Å². The highest BCUT2D eigenvalue weighted by molar-refractivity contribution is 6.30. The van der Waals surface area contributed by atoms with E-state index in [4.69, 9.17) is 21.1 Å². The van der Waals surface area contributed by atoms with E-state index in [1.54, 1.807) is 24.3 Å². The van der Waals surface area contributed by atoms with Gasteiger partial charge in [-0.05, 0) is 42.5 Å². The summed E-state index contributed by atoms with van der Waals surface area (Å²) in [4.78, 5) is 26.1. The molecular weight excluding hydrogens is 344 g/mol. The van der Waals surface area contributed by atoms with Crippen LogP contribution in [0.25, 0.3) is 0 Å². The molecule has 4 rings (SSSR count). The highest BCUT2D eigenvalue weighted by atomic mass is 35.5. The van der Waals surface area contributed by atoms with Crippen LogP contribution in [0.4, 0.5) is 5.69 Å². The number of nitrogens with zero attached hydrogens (tertiary/aromatic N) is 1. The number of fused-ring (bicyclic) bond motifs is 1. The Balaban J connectivity index is 1.44. The molecule has 2 aromatic carbocycles. The summed E-state index contributed by atoms with van der Waals surface area (Å²) in [6.07, 6.45) is 0.187. The van der Waals surface area contributed by atoms with Gasteiger partial charge in [-0.1, -0.05) is 11.6 Å². The van der Waals surface area contributed by atoms with Gasteiger partial charge < -0.3 is 14.8 Å². The third kappa shape index (κ3) is 3.06. The minimum atomic E-state index is -0.423. The molecule has 2 heterocycles. The Bertz CT molecular complexity index is 837. The van der Waals surface area contributed by atoms with E-state index in [1.807, 2.05) is 23.5 Å². The second-order valence-corrected chi connectivity index (χ2v) is 6.42. The molecule has 2 aromatic rings. The van der Waals surface area contributed by atoms with Gasteiger partial charge in [0, 0.05) is 10.6 Å². The molecule has 1 saturated heterocycles. The Morgan fingerprint density at radius 2 is 1.84 bits per heavy atom. The molecule has 2 aliphatic rings. The van der Waals surface area contributed by atoms with Crippen LogP contribution >= 0.6 is 11.6 Å². The monoisotopic (exact) mass is 359 g/mol. The Hall–Kier alpha value is -2.57. The first-order valence-corrected chi connectivity index (χ1v) is 8.34. The Morgan fingerprint density at radius 3 is 2.64 bits per heavy atom. The number of carbonyl (C=O) groups is 2. The molecule has 1 fully saturated rings. The van der Waals surface area contributed by atoms with Gasteiger partial charge in [0.05, 0.1) is 12.1 Å². The van der Waals surface area contributed by atoms with Crippen molar-refractivity contribution in [1.29, 1.82) is 0 Å². The molecule has 2 aliphatic heterocycles. The second-order valence-electron chi connectivity index (χ2n) is 5.98. The van der Waals surface area contributed by atoms with Crippen LogP contribution in [0.1, 0.15) is 12.0 Å². The van der Waals surface area contributed by atoms with Crippen molar-refractivity contribution in [3.05, 3.63) is 53.1 Å². The lowest BCUT2D eigenvalue weighted by atomic mass is 10.1. The quantitative estimate of drug-likeness (QED) is 0.839. The number of anilines is 1. The van der Waals surface area contributed by atoms with Gasteiger partial charge in [0.1, 0.15) is 6.54 Å². The summed E-state index contributed by atoms with van der Waals surface area (Å²) in [6.45, 7) is 0.808. The summed E-state index contributed by atoms with van der Waals surface area (Å²) in [5, 5.41) is 2.45. The number of amides is 2. The first-order chi connectivity index (χ1) is 12.1. The Labute approximate surface area is 149 Å². The fourth-order valence-corrected chi connectivity index (χ4v) is 3.17. The van der Waals surface area contributed by atoms with Crippen molar-refractivity contribution < 1.29 is 24.4 Å². The molecule has 0 spiro atoms. The number of hydrogen-bond donors (Lipinski definition) is 1. The zero-order chi connectivity index (χ0) is 17.4. The average Bonchev–Trinajstić information content (AvgIpc) is 3.18. The van der Waals surface area contributed by atoms with Crippen molar-refractivity contribution in [3.63, 3.8) is 0 Å². The van der Waals surface area contributed by atoms with Gasteiger partial charge in [0.2, 0.25) is 12.7 Å². The summed E-state index contributed by atoms with van der Waals surface area (Å²) in [5.74, 6) is 1.04. The maximum absolute atomic E-state index is 12.6. The maximum atomic E-state index is 12.6. The summed E-state index contributed by atoms with van der Waals surface area (Å²) < 4.78 is 10.6. The van der Waals surface area contributed by atoms with Crippen molar-refractivity contribution in [2.75, 3.05) is 11.7 Å². The van der Waals surface area contributed by atoms with Crippen LogP contribution in [0.3, 0.4) is 0 Å². The number of hydrogen-bond acceptors (Lipinski definition) is 4. The van der Waals surface area contributed by atoms with E-state index in [-0.39, 0.29) is 25.0 Å². The number of ether oxygens (including phenoxy) is 2. The normalized spacial score (nSPS) is 18.9. The molecule has 7 heteroatoms. The zero-order valence-corrected chi connectivity index (χ0v) is 14.0. The topological polar surface area (TPSA) is 72.5 Å². The van der Waals surface area contributed by atoms with Crippen LogP contribution in [0.15, 0.2) is 42.5 Å². The van der Waals surface area contributed by atoms with E-state index < -0.39 is 6.04 Å². The van der Waals surface area contributed by atoms with Gasteiger partial charge in [-0.25, -0.2) is 4.90 Å². The van der Waals surface area contributed by atoms with Crippen molar-refractivity contribution in [3.8, 4) is 11.5 Å². The molecule has 0 unspecified atom stereocenters. The van der Waals surface area contributed by atoms with Gasteiger partial charge >= 0.3 is 0 Å². The molecule has 0 radical (unpaired) electrons. The predicted molar refractivity (Wildman–Crippen MR) is 90.5 cm³/mol. The van der Waals surface area contributed by atoms with Gasteiger partial charge in [-0.3, -0.25) is 9.59 Å². The summed E-state index contributed by atoms with van der Waals surface area (Å²) >= 11 is 5.86. The Kier molecular flexibility index (Phi) is 4.07. The zero-order valence-electron chi connectivity index (χ0n) is 13.3. The summed E-state index contributed by atoms with van der Waals surface area (Å²) in [6, 6.07) is 12.0. The number of nitrogens with two attached hydrogens (primary N) is 1. The minimum Gasteiger partial charge on any atom is -0.454 e. The lowest BCUT2D eigenvalue weighted by Gasteiger charge is -2.14. The third-order valence-electron chi connectivity index (χ3n) is 4.34. The van der Waals surface area contributed by atoms with E-state index in [0.29, 0.717) is 23.0 Å². The number of imide groups is 1. The first-order valence-electron chi connectivity index (χ1n) is 7.96. The van der Waals surface area contributed by atoms with E-state index in [9.17, 15) is 9.59 Å². The van der Waals surface area contributed by atoms with Crippen LogP contribution < -0.4 is 19.7 Å². The van der Waals surface area contributed by atoms with Gasteiger partial charge in [-0.15, -0.1) is 0 Å². The summed E-state index contributed by atoms with van der Waals surface area (Å²) in [5.41, 5.74) is 1.56. The second kappa shape index (κ2) is 6.38. The fraction of sp³-hybridized carbons (Fsp3) is 0.222. The molecule has 2 N–H and O–H groups in total. The van der Waals surface area contributed by atoms with E-state index >= 15 is 0 Å². The largest absolute Gasteiger partial charge is 0.454 e. The molecule has 6 nitrogen and oxygen atoms in total. The average molecular weight is 360 g/mol. The lowest BCUT2D eigenvalue weighted by molar-refractivity contribution is -0.690. The molecule has 1 atom stereocenters. The molecule has 128 valence electrons. The number of benzene rings is 2. The lowest BCUT2D eigenvalue weighted by Crippen LogP contribution is -2.90. The number of carbonyl (C=O) groups excluding carboxylic acids is 2. The van der Waals surface area contributed by atoms with Crippen molar-refractivity contribution in [2.24, 2.45) is 0 Å². The van der Waals surface area contributed by atoms with Crippen LogP contribution in [-0.2, 0) is 16.1 Å². The minimum absolute atomic E-state index is 0.187.